The quantitative estimate of drug-likeness (QED) is 0.0772. The highest BCUT2D eigenvalue weighted by Crippen LogP contribution is 2.44. The number of rotatable bonds is 6. The fourth-order valence-electron chi connectivity index (χ4n) is 6.21. The fourth-order valence-corrected chi connectivity index (χ4v) is 7.60. The van der Waals surface area contributed by atoms with Gasteiger partial charge in [0, 0.05) is 31.6 Å². The van der Waals surface area contributed by atoms with Gasteiger partial charge >= 0.3 is 0 Å². The van der Waals surface area contributed by atoms with Crippen molar-refractivity contribution >= 4 is 101 Å². The van der Waals surface area contributed by atoms with Gasteiger partial charge in [-0.1, -0.05) is 52.2 Å². The Morgan fingerprint density at radius 3 is 1.65 bits per heavy atom. The number of hydrogen-bond donors (Lipinski definition) is 2. The highest BCUT2D eigenvalue weighted by molar-refractivity contribution is 14.1. The number of alkyl halides is 1. The van der Waals surface area contributed by atoms with Crippen molar-refractivity contribution in [2.75, 3.05) is 24.9 Å². The molecule has 6 aromatic rings. The second kappa shape index (κ2) is 11.3. The minimum absolute atomic E-state index is 0.256. The maximum absolute atomic E-state index is 6.45. The zero-order valence-electron chi connectivity index (χ0n) is 23.7. The monoisotopic (exact) mass is 722 g/mol. The minimum Gasteiger partial charge on any atom is -0.497 e. The lowest BCUT2D eigenvalue weighted by Crippen LogP contribution is -2.55. The molecule has 6 nitrogen and oxygen atoms in total. The molecule has 1 unspecified atom stereocenters. The molecule has 0 aliphatic heterocycles. The van der Waals surface area contributed by atoms with Crippen molar-refractivity contribution in [1.82, 2.24) is 9.97 Å². The maximum atomic E-state index is 6.45. The Kier molecular flexibility index (Phi) is 7.51. The van der Waals surface area contributed by atoms with E-state index in [1.807, 2.05) is 48.5 Å². The summed E-state index contributed by atoms with van der Waals surface area (Å²) in [5.41, 5.74) is 4.89. The van der Waals surface area contributed by atoms with Gasteiger partial charge in [0.05, 0.1) is 51.6 Å². The van der Waals surface area contributed by atoms with E-state index in [2.05, 4.69) is 57.5 Å². The summed E-state index contributed by atoms with van der Waals surface area (Å²) in [7, 11) is 3.38. The van der Waals surface area contributed by atoms with Crippen LogP contribution in [-0.4, -0.2) is 33.8 Å². The lowest BCUT2D eigenvalue weighted by Gasteiger charge is -2.45. The summed E-state index contributed by atoms with van der Waals surface area (Å²) in [6.07, 6.45) is 4.21. The van der Waals surface area contributed by atoms with Crippen molar-refractivity contribution < 1.29 is 9.47 Å². The van der Waals surface area contributed by atoms with E-state index in [0.29, 0.717) is 10.0 Å². The highest BCUT2D eigenvalue weighted by Gasteiger charge is 2.41. The number of nitrogens with one attached hydrogen (secondary N) is 2. The van der Waals surface area contributed by atoms with Crippen molar-refractivity contribution in [3.8, 4) is 11.5 Å². The van der Waals surface area contributed by atoms with Gasteiger partial charge in [0.25, 0.3) is 0 Å². The maximum Gasteiger partial charge on any atom is 0.120 e. The van der Waals surface area contributed by atoms with Crippen LogP contribution in [0.4, 0.5) is 11.4 Å². The Balaban J connectivity index is 1.48. The third-order valence-corrected chi connectivity index (χ3v) is 10.6. The largest absolute Gasteiger partial charge is 0.497 e. The van der Waals surface area contributed by atoms with Crippen molar-refractivity contribution in [2.24, 2.45) is 0 Å². The summed E-state index contributed by atoms with van der Waals surface area (Å²) in [5, 5.41) is 13.4. The molecule has 1 atom stereocenters. The number of anilines is 2. The number of ether oxygens (including phenoxy) is 2. The molecule has 43 heavy (non-hydrogen) atoms. The van der Waals surface area contributed by atoms with Crippen LogP contribution in [0.2, 0.25) is 10.0 Å². The molecule has 0 amide bonds. The molecule has 7 rings (SSSR count). The molecule has 1 aliphatic rings. The summed E-state index contributed by atoms with van der Waals surface area (Å²) < 4.78 is 11.5. The minimum atomic E-state index is -0.507. The Morgan fingerprint density at radius 1 is 0.674 bits per heavy atom. The zero-order chi connectivity index (χ0) is 29.7. The number of pyridine rings is 2. The van der Waals surface area contributed by atoms with E-state index in [0.717, 1.165) is 85.7 Å². The second-order valence-electron chi connectivity index (χ2n) is 11.0. The topological polar surface area (TPSA) is 68.3 Å². The molecule has 218 valence electrons. The van der Waals surface area contributed by atoms with Crippen molar-refractivity contribution in [3.05, 3.63) is 82.8 Å². The van der Waals surface area contributed by atoms with Crippen LogP contribution < -0.4 is 20.1 Å². The summed E-state index contributed by atoms with van der Waals surface area (Å²) >= 11 is 15.5. The van der Waals surface area contributed by atoms with Crippen molar-refractivity contribution in [2.45, 2.75) is 35.3 Å². The van der Waals surface area contributed by atoms with E-state index in [1.54, 1.807) is 14.2 Å². The molecule has 0 bridgehead atoms. The van der Waals surface area contributed by atoms with Crippen LogP contribution >= 0.6 is 45.8 Å². The first-order chi connectivity index (χ1) is 20.9. The molecular weight excluding hydrogens is 694 g/mol. The first kappa shape index (κ1) is 28.5. The number of nitrogens with zero attached hydrogens (tertiary/aromatic N) is 2. The summed E-state index contributed by atoms with van der Waals surface area (Å²) in [6, 6.07) is 23.8. The van der Waals surface area contributed by atoms with Crippen LogP contribution in [0, 0.1) is 0 Å². The number of aromatic nitrogens is 2. The van der Waals surface area contributed by atoms with Gasteiger partial charge in [-0.05, 0) is 92.1 Å². The van der Waals surface area contributed by atoms with Crippen molar-refractivity contribution in [1.29, 1.82) is 0 Å². The van der Waals surface area contributed by atoms with Gasteiger partial charge in [-0.3, -0.25) is 0 Å². The normalized spacial score (nSPS) is 16.5. The van der Waals surface area contributed by atoms with Crippen LogP contribution in [0.1, 0.15) is 25.7 Å². The van der Waals surface area contributed by atoms with E-state index in [-0.39, 0.29) is 3.92 Å². The summed E-state index contributed by atoms with van der Waals surface area (Å²) in [6.45, 7) is 0. The number of hydrogen-bond acceptors (Lipinski definition) is 6. The number of fused-ring (bicyclic) bond motifs is 4. The van der Waals surface area contributed by atoms with E-state index >= 15 is 0 Å². The molecule has 2 N–H and O–H groups in total. The average Bonchev–Trinajstić information content (AvgIpc) is 3.01. The molecule has 1 fully saturated rings. The smallest absolute Gasteiger partial charge is 0.120 e. The van der Waals surface area contributed by atoms with Crippen LogP contribution in [0.3, 0.4) is 0 Å². The number of halogens is 3. The Hall–Kier alpha value is -3.27. The van der Waals surface area contributed by atoms with Crippen LogP contribution in [0.15, 0.2) is 72.8 Å². The standard InChI is InChI=1S/C34H29Cl2IN4O2/c1-42-21-8-12-27-25(17-21)32(23-10-6-19(35)15-29(23)38-27)40-34(14-4-3-5-31(34)37)41-33-24-11-7-20(36)16-30(24)39-28-13-9-22(43-2)18-26(28)33/h6-13,15-18,31H,3-5,14H2,1-2H3,(H,38,40)(H,39,41). The molecule has 9 heteroatoms. The lowest BCUT2D eigenvalue weighted by atomic mass is 9.87. The van der Waals surface area contributed by atoms with Gasteiger partial charge in [-0.25, -0.2) is 9.97 Å². The lowest BCUT2D eigenvalue weighted by molar-refractivity contribution is 0.383. The summed E-state index contributed by atoms with van der Waals surface area (Å²) in [4.78, 5) is 9.93. The van der Waals surface area contributed by atoms with E-state index < -0.39 is 5.66 Å². The van der Waals surface area contributed by atoms with Crippen LogP contribution in [0.5, 0.6) is 11.5 Å². The van der Waals surface area contributed by atoms with Crippen LogP contribution in [0.25, 0.3) is 43.6 Å². The van der Waals surface area contributed by atoms with E-state index in [1.165, 1.54) is 6.42 Å². The first-order valence-electron chi connectivity index (χ1n) is 14.2. The predicted molar refractivity (Wildman–Crippen MR) is 188 cm³/mol. The van der Waals surface area contributed by atoms with Gasteiger partial charge in [0.2, 0.25) is 0 Å². The van der Waals surface area contributed by atoms with Crippen molar-refractivity contribution in [3.63, 3.8) is 0 Å². The van der Waals surface area contributed by atoms with E-state index in [4.69, 9.17) is 42.6 Å². The SMILES string of the molecule is COc1ccc2nc3cc(Cl)ccc3c(NC3(Nc4c5ccc(Cl)cc5nc5ccc(OC)cc45)CCCCC3I)c2c1. The molecule has 1 saturated carbocycles. The molecular formula is C34H29Cl2IN4O2. The molecule has 0 spiro atoms. The van der Waals surface area contributed by atoms with Gasteiger partial charge < -0.3 is 20.1 Å². The average molecular weight is 723 g/mol. The Bertz CT molecular complexity index is 1900. The third kappa shape index (κ3) is 5.15. The predicted octanol–water partition coefficient (Wildman–Crippen LogP) is 10.0. The van der Waals surface area contributed by atoms with Gasteiger partial charge in [-0.15, -0.1) is 0 Å². The number of methoxy groups -OCH3 is 2. The molecule has 2 aromatic heterocycles. The first-order valence-corrected chi connectivity index (χ1v) is 16.2. The molecule has 0 radical (unpaired) electrons. The van der Waals surface area contributed by atoms with Gasteiger partial charge in [0.1, 0.15) is 17.2 Å². The van der Waals surface area contributed by atoms with Gasteiger partial charge in [-0.2, -0.15) is 0 Å². The Morgan fingerprint density at radius 2 is 1.19 bits per heavy atom. The second-order valence-corrected chi connectivity index (χ2v) is 13.4. The highest BCUT2D eigenvalue weighted by atomic mass is 127. The fraction of sp³-hybridized carbons (Fsp3) is 0.235. The van der Waals surface area contributed by atoms with E-state index in [9.17, 15) is 0 Å². The summed E-state index contributed by atoms with van der Waals surface area (Å²) in [5.74, 6) is 1.55. The molecule has 1 aliphatic carbocycles. The van der Waals surface area contributed by atoms with Crippen LogP contribution in [-0.2, 0) is 0 Å². The molecule has 2 heterocycles. The zero-order valence-corrected chi connectivity index (χ0v) is 27.3. The number of benzene rings is 4. The Labute approximate surface area is 273 Å². The molecule has 0 saturated heterocycles. The van der Waals surface area contributed by atoms with Gasteiger partial charge in [0.15, 0.2) is 0 Å². The third-order valence-electron chi connectivity index (χ3n) is 8.40. The molecule has 4 aromatic carbocycles.